The Kier molecular flexibility index (Phi) is 8.24. The van der Waals surface area contributed by atoms with Crippen molar-refractivity contribution in [1.29, 1.82) is 0 Å². The number of amidine groups is 1. The first-order valence-electron chi connectivity index (χ1n) is 9.73. The van der Waals surface area contributed by atoms with E-state index in [1.165, 1.54) is 11.1 Å². The number of nitrogens with zero attached hydrogens (tertiary/aromatic N) is 2. The Hall–Kier alpha value is -2.14. The van der Waals surface area contributed by atoms with Crippen LogP contribution in [0.5, 0.6) is 5.75 Å². The SMILES string of the molecule is Br.CCOc1ccc(C(=O)CN(C2=NCCCC2)c2cccc(C)c2C)cc1. The molecule has 0 saturated heterocycles. The van der Waals surface area contributed by atoms with E-state index in [-0.39, 0.29) is 22.8 Å². The summed E-state index contributed by atoms with van der Waals surface area (Å²) in [7, 11) is 0. The predicted molar refractivity (Wildman–Crippen MR) is 122 cm³/mol. The molecule has 1 aliphatic heterocycles. The summed E-state index contributed by atoms with van der Waals surface area (Å²) in [6.45, 7) is 7.93. The molecule has 0 aliphatic carbocycles. The normalized spacial score (nSPS) is 13.3. The standard InChI is InChI=1S/C23H28N2O2.BrH/c1-4-27-20-13-11-19(12-14-20)22(26)16-25(23-10-5-6-15-24-23)21-9-7-8-17(2)18(21)3;/h7-9,11-14H,4-6,10,15-16H2,1-3H3;1H. The third kappa shape index (κ3) is 5.22. The lowest BCUT2D eigenvalue weighted by molar-refractivity contribution is 0.100. The van der Waals surface area contributed by atoms with E-state index < -0.39 is 0 Å². The Balaban J connectivity index is 0.00000280. The van der Waals surface area contributed by atoms with E-state index in [2.05, 4.69) is 36.9 Å². The van der Waals surface area contributed by atoms with Gasteiger partial charge in [-0.1, -0.05) is 12.1 Å². The Morgan fingerprint density at radius 1 is 1.11 bits per heavy atom. The van der Waals surface area contributed by atoms with Gasteiger partial charge in [-0.3, -0.25) is 9.79 Å². The van der Waals surface area contributed by atoms with E-state index in [0.29, 0.717) is 18.7 Å². The van der Waals surface area contributed by atoms with Gasteiger partial charge in [-0.15, -0.1) is 17.0 Å². The van der Waals surface area contributed by atoms with Crippen LogP contribution in [0.25, 0.3) is 0 Å². The molecule has 0 unspecified atom stereocenters. The van der Waals surface area contributed by atoms with Crippen molar-refractivity contribution in [2.75, 3.05) is 24.6 Å². The predicted octanol–water partition coefficient (Wildman–Crippen LogP) is 5.55. The molecule has 1 aliphatic rings. The number of halogens is 1. The second-order valence-electron chi connectivity index (χ2n) is 6.94. The molecule has 2 aromatic rings. The van der Waals surface area contributed by atoms with Gasteiger partial charge < -0.3 is 9.64 Å². The summed E-state index contributed by atoms with van der Waals surface area (Å²) >= 11 is 0. The number of carbonyl (C=O) groups excluding carboxylic acids is 1. The van der Waals surface area contributed by atoms with Gasteiger partial charge in [0.25, 0.3) is 0 Å². The summed E-state index contributed by atoms with van der Waals surface area (Å²) in [5.41, 5.74) is 4.20. The van der Waals surface area contributed by atoms with E-state index in [0.717, 1.165) is 43.1 Å². The first-order valence-corrected chi connectivity index (χ1v) is 9.73. The van der Waals surface area contributed by atoms with Crippen molar-refractivity contribution in [3.05, 3.63) is 59.2 Å². The van der Waals surface area contributed by atoms with Crippen LogP contribution in [0.2, 0.25) is 0 Å². The minimum Gasteiger partial charge on any atom is -0.494 e. The fraction of sp³-hybridized carbons (Fsp3) is 0.391. The van der Waals surface area contributed by atoms with Crippen molar-refractivity contribution in [3.8, 4) is 5.75 Å². The fourth-order valence-electron chi connectivity index (χ4n) is 3.38. The van der Waals surface area contributed by atoms with Gasteiger partial charge in [-0.2, -0.15) is 0 Å². The molecule has 1 heterocycles. The topological polar surface area (TPSA) is 41.9 Å². The molecule has 28 heavy (non-hydrogen) atoms. The monoisotopic (exact) mass is 444 g/mol. The van der Waals surface area contributed by atoms with E-state index in [4.69, 9.17) is 9.73 Å². The molecule has 0 bridgehead atoms. The highest BCUT2D eigenvalue weighted by Gasteiger charge is 2.21. The summed E-state index contributed by atoms with van der Waals surface area (Å²) in [5.74, 6) is 1.90. The van der Waals surface area contributed by atoms with Crippen molar-refractivity contribution >= 4 is 34.3 Å². The maximum atomic E-state index is 13.0. The summed E-state index contributed by atoms with van der Waals surface area (Å²) < 4.78 is 5.47. The van der Waals surface area contributed by atoms with E-state index in [9.17, 15) is 4.79 Å². The second-order valence-corrected chi connectivity index (χ2v) is 6.94. The largest absolute Gasteiger partial charge is 0.494 e. The van der Waals surface area contributed by atoms with Crippen LogP contribution in [0.4, 0.5) is 5.69 Å². The zero-order chi connectivity index (χ0) is 19.2. The number of aliphatic imine (C=N–C) groups is 1. The van der Waals surface area contributed by atoms with Crippen LogP contribution in [0.15, 0.2) is 47.5 Å². The first kappa shape index (κ1) is 22.2. The van der Waals surface area contributed by atoms with Crippen molar-refractivity contribution in [3.63, 3.8) is 0 Å². The van der Waals surface area contributed by atoms with Crippen LogP contribution in [0.1, 0.15) is 47.7 Å². The molecule has 0 radical (unpaired) electrons. The second kappa shape index (κ2) is 10.4. The van der Waals surface area contributed by atoms with Gasteiger partial charge in [0.1, 0.15) is 11.6 Å². The van der Waals surface area contributed by atoms with Gasteiger partial charge in [0.05, 0.1) is 13.2 Å². The van der Waals surface area contributed by atoms with Gasteiger partial charge in [0.2, 0.25) is 0 Å². The van der Waals surface area contributed by atoms with Crippen LogP contribution in [-0.2, 0) is 0 Å². The van der Waals surface area contributed by atoms with Crippen molar-refractivity contribution in [1.82, 2.24) is 0 Å². The zero-order valence-corrected chi connectivity index (χ0v) is 18.6. The van der Waals surface area contributed by atoms with Crippen LogP contribution in [-0.4, -0.2) is 31.3 Å². The van der Waals surface area contributed by atoms with Crippen LogP contribution < -0.4 is 9.64 Å². The Bertz CT molecular complexity index is 831. The average Bonchev–Trinajstić information content (AvgIpc) is 2.70. The highest BCUT2D eigenvalue weighted by Crippen LogP contribution is 2.26. The Morgan fingerprint density at radius 2 is 1.86 bits per heavy atom. The van der Waals surface area contributed by atoms with Gasteiger partial charge >= 0.3 is 0 Å². The smallest absolute Gasteiger partial charge is 0.182 e. The number of aryl methyl sites for hydroxylation is 1. The molecule has 4 nitrogen and oxygen atoms in total. The molecule has 0 N–H and O–H groups in total. The number of ketones is 1. The van der Waals surface area contributed by atoms with Crippen LogP contribution >= 0.6 is 17.0 Å². The average molecular weight is 445 g/mol. The fourth-order valence-corrected chi connectivity index (χ4v) is 3.38. The Morgan fingerprint density at radius 3 is 2.50 bits per heavy atom. The summed E-state index contributed by atoms with van der Waals surface area (Å²) in [4.78, 5) is 19.8. The van der Waals surface area contributed by atoms with Crippen molar-refractivity contribution < 1.29 is 9.53 Å². The molecule has 3 rings (SSSR count). The summed E-state index contributed by atoms with van der Waals surface area (Å²) in [6, 6.07) is 13.6. The maximum absolute atomic E-state index is 13.0. The number of carbonyl (C=O) groups is 1. The number of anilines is 1. The van der Waals surface area contributed by atoms with Crippen molar-refractivity contribution in [2.24, 2.45) is 4.99 Å². The quantitative estimate of drug-likeness (QED) is 0.548. The molecular weight excluding hydrogens is 416 g/mol. The third-order valence-electron chi connectivity index (χ3n) is 5.07. The number of hydrogen-bond donors (Lipinski definition) is 0. The lowest BCUT2D eigenvalue weighted by Crippen LogP contribution is -2.37. The van der Waals surface area contributed by atoms with Crippen molar-refractivity contribution in [2.45, 2.75) is 40.0 Å². The van der Waals surface area contributed by atoms with Gasteiger partial charge in [0.15, 0.2) is 5.78 Å². The zero-order valence-electron chi connectivity index (χ0n) is 16.9. The lowest BCUT2D eigenvalue weighted by Gasteiger charge is -2.29. The van der Waals surface area contributed by atoms with E-state index >= 15 is 0 Å². The lowest BCUT2D eigenvalue weighted by atomic mass is 10.0. The van der Waals surface area contributed by atoms with E-state index in [1.807, 2.05) is 31.2 Å². The van der Waals surface area contributed by atoms with Crippen LogP contribution in [0, 0.1) is 13.8 Å². The number of hydrogen-bond acceptors (Lipinski definition) is 4. The Labute approximate surface area is 178 Å². The number of ether oxygens (including phenoxy) is 1. The number of benzene rings is 2. The highest BCUT2D eigenvalue weighted by molar-refractivity contribution is 8.93. The molecule has 150 valence electrons. The molecule has 0 fully saturated rings. The molecule has 5 heteroatoms. The number of rotatable bonds is 6. The highest BCUT2D eigenvalue weighted by atomic mass is 79.9. The molecule has 0 atom stereocenters. The molecular formula is C23H29BrN2O2. The molecule has 0 saturated carbocycles. The minimum atomic E-state index is 0. The third-order valence-corrected chi connectivity index (χ3v) is 5.07. The van der Waals surface area contributed by atoms with E-state index in [1.54, 1.807) is 0 Å². The van der Waals surface area contributed by atoms with Gasteiger partial charge in [0, 0.05) is 24.2 Å². The summed E-state index contributed by atoms with van der Waals surface area (Å²) in [5, 5.41) is 0. The van der Waals surface area contributed by atoms with Gasteiger partial charge in [-0.25, -0.2) is 0 Å². The molecule has 2 aromatic carbocycles. The summed E-state index contributed by atoms with van der Waals surface area (Å²) in [6.07, 6.45) is 3.17. The maximum Gasteiger partial charge on any atom is 0.182 e. The minimum absolute atomic E-state index is 0. The molecule has 0 aromatic heterocycles. The van der Waals surface area contributed by atoms with Crippen LogP contribution in [0.3, 0.4) is 0 Å². The van der Waals surface area contributed by atoms with Gasteiger partial charge in [-0.05, 0) is 75.1 Å². The molecule has 0 spiro atoms. The first-order chi connectivity index (χ1) is 13.1. The molecule has 0 amide bonds. The number of Topliss-reactive ketones (excluding diaryl/α,β-unsaturated/α-hetero) is 1.